The predicted molar refractivity (Wildman–Crippen MR) is 121 cm³/mol. The maximum Gasteiger partial charge on any atom is 0.256 e. The van der Waals surface area contributed by atoms with Crippen LogP contribution < -0.4 is 15.4 Å². The second-order valence-corrected chi connectivity index (χ2v) is 8.18. The van der Waals surface area contributed by atoms with E-state index in [0.29, 0.717) is 23.7 Å². The van der Waals surface area contributed by atoms with E-state index >= 15 is 0 Å². The largest absolute Gasteiger partial charge is 0.497 e. The van der Waals surface area contributed by atoms with Crippen LogP contribution in [0.2, 0.25) is 0 Å². The molecule has 1 aliphatic rings. The molecule has 0 spiro atoms. The van der Waals surface area contributed by atoms with Gasteiger partial charge in [-0.3, -0.25) is 9.59 Å². The van der Waals surface area contributed by atoms with E-state index in [1.807, 2.05) is 30.3 Å². The summed E-state index contributed by atoms with van der Waals surface area (Å²) in [5.41, 5.74) is 3.60. The molecule has 160 valence electrons. The van der Waals surface area contributed by atoms with Gasteiger partial charge in [0.25, 0.3) is 5.91 Å². The summed E-state index contributed by atoms with van der Waals surface area (Å²) in [6.07, 6.45) is 0.764. The van der Waals surface area contributed by atoms with Crippen molar-refractivity contribution in [1.82, 2.24) is 15.1 Å². The first-order valence-corrected chi connectivity index (χ1v) is 11.2. The smallest absolute Gasteiger partial charge is 0.256 e. The summed E-state index contributed by atoms with van der Waals surface area (Å²) < 4.78 is 6.75. The summed E-state index contributed by atoms with van der Waals surface area (Å²) in [5, 5.41) is 10.5. The summed E-state index contributed by atoms with van der Waals surface area (Å²) in [7, 11) is 1.58. The second kappa shape index (κ2) is 9.70. The van der Waals surface area contributed by atoms with Crippen molar-refractivity contribution in [2.45, 2.75) is 24.5 Å². The van der Waals surface area contributed by atoms with Gasteiger partial charge in [0, 0.05) is 29.2 Å². The monoisotopic (exact) mass is 436 g/mol. The maximum atomic E-state index is 12.8. The van der Waals surface area contributed by atoms with Crippen LogP contribution in [0.1, 0.15) is 27.2 Å². The number of thioether (sulfide) groups is 1. The van der Waals surface area contributed by atoms with Gasteiger partial charge in [-0.1, -0.05) is 30.3 Å². The molecule has 2 heterocycles. The van der Waals surface area contributed by atoms with Gasteiger partial charge in [-0.05, 0) is 36.2 Å². The van der Waals surface area contributed by atoms with Crippen molar-refractivity contribution in [1.29, 1.82) is 0 Å². The molecular formula is C23H24N4O3S. The topological polar surface area (TPSA) is 85.2 Å². The Morgan fingerprint density at radius 2 is 1.87 bits per heavy atom. The van der Waals surface area contributed by atoms with E-state index in [0.717, 1.165) is 29.2 Å². The molecular weight excluding hydrogens is 412 g/mol. The molecule has 0 atom stereocenters. The Balaban J connectivity index is 1.42. The normalized spacial score (nSPS) is 12.3. The van der Waals surface area contributed by atoms with Crippen LogP contribution >= 0.6 is 11.8 Å². The first-order valence-electron chi connectivity index (χ1n) is 10.1. The number of amides is 2. The van der Waals surface area contributed by atoms with E-state index in [9.17, 15) is 9.59 Å². The second-order valence-electron chi connectivity index (χ2n) is 7.19. The van der Waals surface area contributed by atoms with Crippen LogP contribution in [0, 0.1) is 0 Å². The number of aromatic nitrogens is 2. The Labute approximate surface area is 185 Å². The van der Waals surface area contributed by atoms with E-state index in [1.165, 1.54) is 5.56 Å². The molecule has 2 aromatic carbocycles. The predicted octanol–water partition coefficient (Wildman–Crippen LogP) is 3.25. The van der Waals surface area contributed by atoms with Crippen LogP contribution in [0.3, 0.4) is 0 Å². The number of ether oxygens (including phenoxy) is 1. The zero-order valence-corrected chi connectivity index (χ0v) is 18.1. The molecule has 4 rings (SSSR count). The van der Waals surface area contributed by atoms with E-state index in [4.69, 9.17) is 4.74 Å². The molecule has 0 saturated carbocycles. The molecule has 7 nitrogen and oxygen atoms in total. The molecule has 1 aromatic heterocycles. The molecule has 0 aliphatic carbocycles. The van der Waals surface area contributed by atoms with E-state index in [-0.39, 0.29) is 18.4 Å². The Morgan fingerprint density at radius 3 is 2.61 bits per heavy atom. The lowest BCUT2D eigenvalue weighted by molar-refractivity contribution is -0.121. The van der Waals surface area contributed by atoms with Crippen molar-refractivity contribution in [3.05, 3.63) is 77.0 Å². The summed E-state index contributed by atoms with van der Waals surface area (Å²) in [5.74, 6) is 2.45. The Hall–Kier alpha value is -3.26. The van der Waals surface area contributed by atoms with Crippen LogP contribution in [-0.4, -0.2) is 35.2 Å². The molecule has 2 amide bonds. The van der Waals surface area contributed by atoms with Crippen LogP contribution in [0.15, 0.2) is 54.6 Å². The molecule has 3 aromatic rings. The Morgan fingerprint density at radius 1 is 1.10 bits per heavy atom. The van der Waals surface area contributed by atoms with Gasteiger partial charge in [0.2, 0.25) is 5.91 Å². The van der Waals surface area contributed by atoms with Crippen LogP contribution in [0.25, 0.3) is 0 Å². The molecule has 1 aliphatic heterocycles. The van der Waals surface area contributed by atoms with E-state index < -0.39 is 0 Å². The number of carbonyl (C=O) groups excluding carboxylic acids is 2. The van der Waals surface area contributed by atoms with Gasteiger partial charge in [0.1, 0.15) is 18.1 Å². The van der Waals surface area contributed by atoms with Crippen molar-refractivity contribution < 1.29 is 14.3 Å². The fourth-order valence-electron chi connectivity index (χ4n) is 3.43. The van der Waals surface area contributed by atoms with Crippen molar-refractivity contribution in [3.8, 4) is 5.75 Å². The number of methoxy groups -OCH3 is 1. The molecule has 0 radical (unpaired) electrons. The Bertz CT molecular complexity index is 1060. The fourth-order valence-corrected chi connectivity index (χ4v) is 4.46. The minimum Gasteiger partial charge on any atom is -0.497 e. The molecule has 0 unspecified atom stereocenters. The summed E-state index contributed by atoms with van der Waals surface area (Å²) in [6.45, 7) is 0.609. The third-order valence-corrected chi connectivity index (χ3v) is 6.05. The van der Waals surface area contributed by atoms with Gasteiger partial charge in [-0.2, -0.15) is 16.9 Å². The number of anilines is 1. The lowest BCUT2D eigenvalue weighted by Gasteiger charge is -2.12. The van der Waals surface area contributed by atoms with Gasteiger partial charge in [0.05, 0.1) is 12.8 Å². The number of rotatable bonds is 8. The molecule has 0 bridgehead atoms. The highest BCUT2D eigenvalue weighted by molar-refractivity contribution is 7.98. The van der Waals surface area contributed by atoms with Gasteiger partial charge in [0.15, 0.2) is 0 Å². The van der Waals surface area contributed by atoms with Crippen LogP contribution in [0.5, 0.6) is 5.75 Å². The highest BCUT2D eigenvalue weighted by Crippen LogP contribution is 2.34. The van der Waals surface area contributed by atoms with Gasteiger partial charge in [-0.15, -0.1) is 0 Å². The molecule has 31 heavy (non-hydrogen) atoms. The summed E-state index contributed by atoms with van der Waals surface area (Å²) in [6, 6.07) is 16.9. The Kier molecular flexibility index (Phi) is 6.57. The van der Waals surface area contributed by atoms with Crippen LogP contribution in [-0.2, 0) is 29.3 Å². The first kappa shape index (κ1) is 21.0. The molecule has 0 fully saturated rings. The SMILES string of the molecule is COc1ccc(C(=O)Nc2c3c(nn2CC(=O)NCCc2ccccc2)CSC3)cc1. The average molecular weight is 437 g/mol. The summed E-state index contributed by atoms with van der Waals surface area (Å²) in [4.78, 5) is 25.3. The van der Waals surface area contributed by atoms with Crippen molar-refractivity contribution in [2.75, 3.05) is 19.0 Å². The van der Waals surface area contributed by atoms with Gasteiger partial charge >= 0.3 is 0 Å². The number of hydrogen-bond donors (Lipinski definition) is 2. The van der Waals surface area contributed by atoms with Crippen molar-refractivity contribution in [2.24, 2.45) is 0 Å². The maximum absolute atomic E-state index is 12.8. The molecule has 8 heteroatoms. The van der Waals surface area contributed by atoms with E-state index in [2.05, 4.69) is 15.7 Å². The standard InChI is InChI=1S/C23H24N4O3S/c1-30-18-9-7-17(8-10-18)23(29)25-22-19-14-31-15-20(19)26-27(22)13-21(28)24-12-11-16-5-3-2-4-6-16/h2-10H,11-15H2,1H3,(H,24,28)(H,25,29). The number of nitrogens with one attached hydrogen (secondary N) is 2. The zero-order valence-electron chi connectivity index (χ0n) is 17.3. The third kappa shape index (κ3) is 5.08. The lowest BCUT2D eigenvalue weighted by atomic mass is 10.1. The van der Waals surface area contributed by atoms with Gasteiger partial charge < -0.3 is 15.4 Å². The average Bonchev–Trinajstić information content (AvgIpc) is 3.37. The minimum absolute atomic E-state index is 0.0602. The number of carbonyl (C=O) groups is 2. The quantitative estimate of drug-likeness (QED) is 0.566. The summed E-state index contributed by atoms with van der Waals surface area (Å²) >= 11 is 1.75. The third-order valence-electron chi connectivity index (χ3n) is 5.08. The number of benzene rings is 2. The fraction of sp³-hybridized carbons (Fsp3) is 0.261. The van der Waals surface area contributed by atoms with Crippen molar-refractivity contribution >= 4 is 29.4 Å². The highest BCUT2D eigenvalue weighted by atomic mass is 32.2. The minimum atomic E-state index is -0.243. The zero-order chi connectivity index (χ0) is 21.6. The van der Waals surface area contributed by atoms with E-state index in [1.54, 1.807) is 47.8 Å². The number of nitrogens with zero attached hydrogens (tertiary/aromatic N) is 2. The number of fused-ring (bicyclic) bond motifs is 1. The number of hydrogen-bond acceptors (Lipinski definition) is 5. The first-order chi connectivity index (χ1) is 15.1. The highest BCUT2D eigenvalue weighted by Gasteiger charge is 2.25. The molecule has 0 saturated heterocycles. The molecule has 2 N–H and O–H groups in total. The van der Waals surface area contributed by atoms with Crippen LogP contribution in [0.4, 0.5) is 5.82 Å². The van der Waals surface area contributed by atoms with Gasteiger partial charge in [-0.25, -0.2) is 4.68 Å². The van der Waals surface area contributed by atoms with Crippen molar-refractivity contribution in [3.63, 3.8) is 0 Å². The lowest BCUT2D eigenvalue weighted by Crippen LogP contribution is -2.30.